The molecule has 2 N–H and O–H groups in total. The highest BCUT2D eigenvalue weighted by Gasteiger charge is 2.12. The van der Waals surface area contributed by atoms with Crippen molar-refractivity contribution in [3.63, 3.8) is 0 Å². The molecule has 3 rings (SSSR count). The number of halogens is 2. The Morgan fingerprint density at radius 1 is 1.19 bits per heavy atom. The zero-order valence-electron chi connectivity index (χ0n) is 11.3. The molecule has 0 unspecified atom stereocenters. The minimum Gasteiger partial charge on any atom is -0.460 e. The van der Waals surface area contributed by atoms with Gasteiger partial charge in [0.25, 0.3) is 0 Å². The Morgan fingerprint density at radius 3 is 2.62 bits per heavy atom. The SMILES string of the molecule is Cc1ccc(-c2[nH]ncc2CNc2c(Br)cccc2Br)o1. The molecular formula is C15H13Br2N3O. The third-order valence-corrected chi connectivity index (χ3v) is 4.44. The van der Waals surface area contributed by atoms with E-state index >= 15 is 0 Å². The molecule has 108 valence electrons. The van der Waals surface area contributed by atoms with Crippen LogP contribution in [0.5, 0.6) is 0 Å². The topological polar surface area (TPSA) is 53.9 Å². The summed E-state index contributed by atoms with van der Waals surface area (Å²) in [5.41, 5.74) is 2.96. The highest BCUT2D eigenvalue weighted by molar-refractivity contribution is 9.11. The van der Waals surface area contributed by atoms with Crippen molar-refractivity contribution in [2.24, 2.45) is 0 Å². The fourth-order valence-electron chi connectivity index (χ4n) is 2.08. The van der Waals surface area contributed by atoms with E-state index in [4.69, 9.17) is 4.42 Å². The van der Waals surface area contributed by atoms with Gasteiger partial charge in [0.15, 0.2) is 5.76 Å². The van der Waals surface area contributed by atoms with Gasteiger partial charge in [-0.2, -0.15) is 5.10 Å². The zero-order chi connectivity index (χ0) is 14.8. The molecule has 0 aliphatic heterocycles. The average Bonchev–Trinajstić information content (AvgIpc) is 3.06. The molecule has 0 aliphatic carbocycles. The fourth-order valence-corrected chi connectivity index (χ4v) is 3.36. The van der Waals surface area contributed by atoms with Crippen LogP contribution in [0.1, 0.15) is 11.3 Å². The number of para-hydroxylation sites is 1. The Hall–Kier alpha value is -1.53. The lowest BCUT2D eigenvalue weighted by molar-refractivity contribution is 0.545. The maximum Gasteiger partial charge on any atom is 0.152 e. The first-order valence-corrected chi connectivity index (χ1v) is 8.00. The minimum absolute atomic E-state index is 0.646. The van der Waals surface area contributed by atoms with Crippen molar-refractivity contribution in [1.29, 1.82) is 0 Å². The summed E-state index contributed by atoms with van der Waals surface area (Å²) in [5.74, 6) is 1.68. The van der Waals surface area contributed by atoms with Crippen LogP contribution in [0.3, 0.4) is 0 Å². The smallest absolute Gasteiger partial charge is 0.152 e. The minimum atomic E-state index is 0.646. The summed E-state index contributed by atoms with van der Waals surface area (Å²) in [6, 6.07) is 9.87. The molecule has 0 spiro atoms. The van der Waals surface area contributed by atoms with Crippen molar-refractivity contribution in [2.75, 3.05) is 5.32 Å². The lowest BCUT2D eigenvalue weighted by atomic mass is 10.2. The molecule has 0 saturated heterocycles. The van der Waals surface area contributed by atoms with Crippen molar-refractivity contribution in [3.05, 3.63) is 56.8 Å². The standard InChI is InChI=1S/C15H13Br2N3O/c1-9-5-6-13(21-9)14-10(8-19-20-14)7-18-15-11(16)3-2-4-12(15)17/h2-6,8,18H,7H2,1H3,(H,19,20). The predicted molar refractivity (Wildman–Crippen MR) is 90.2 cm³/mol. The van der Waals surface area contributed by atoms with Crippen molar-refractivity contribution < 1.29 is 4.42 Å². The lowest BCUT2D eigenvalue weighted by Gasteiger charge is -2.10. The van der Waals surface area contributed by atoms with Crippen LogP contribution in [0.4, 0.5) is 5.69 Å². The summed E-state index contributed by atoms with van der Waals surface area (Å²) in [7, 11) is 0. The van der Waals surface area contributed by atoms with Crippen molar-refractivity contribution in [3.8, 4) is 11.5 Å². The maximum atomic E-state index is 5.65. The molecule has 0 atom stereocenters. The third-order valence-electron chi connectivity index (χ3n) is 3.12. The van der Waals surface area contributed by atoms with E-state index in [-0.39, 0.29) is 0 Å². The van der Waals surface area contributed by atoms with Crippen LogP contribution in [0.25, 0.3) is 11.5 Å². The highest BCUT2D eigenvalue weighted by atomic mass is 79.9. The van der Waals surface area contributed by atoms with Crippen LogP contribution in [0.15, 0.2) is 49.9 Å². The molecule has 0 amide bonds. The molecule has 0 radical (unpaired) electrons. The van der Waals surface area contributed by atoms with Gasteiger partial charge in [-0.1, -0.05) is 6.07 Å². The van der Waals surface area contributed by atoms with Crippen LogP contribution in [-0.2, 0) is 6.54 Å². The summed E-state index contributed by atoms with van der Waals surface area (Å²) in [4.78, 5) is 0. The van der Waals surface area contributed by atoms with Gasteiger partial charge in [0.2, 0.25) is 0 Å². The van der Waals surface area contributed by atoms with Gasteiger partial charge in [-0.15, -0.1) is 0 Å². The molecule has 3 aromatic rings. The number of furan rings is 1. The van der Waals surface area contributed by atoms with Crippen LogP contribution < -0.4 is 5.32 Å². The molecule has 2 aromatic heterocycles. The Morgan fingerprint density at radius 2 is 1.95 bits per heavy atom. The average molecular weight is 411 g/mol. The summed E-state index contributed by atoms with van der Waals surface area (Å²) < 4.78 is 7.67. The normalized spacial score (nSPS) is 10.8. The number of benzene rings is 1. The van der Waals surface area contributed by atoms with Crippen LogP contribution in [-0.4, -0.2) is 10.2 Å². The van der Waals surface area contributed by atoms with Gasteiger partial charge in [0, 0.05) is 21.1 Å². The Balaban J connectivity index is 1.82. The summed E-state index contributed by atoms with van der Waals surface area (Å²) in [5, 5.41) is 10.5. The molecule has 2 heterocycles. The highest BCUT2D eigenvalue weighted by Crippen LogP contribution is 2.31. The molecule has 1 aromatic carbocycles. The molecule has 0 bridgehead atoms. The summed E-state index contributed by atoms with van der Waals surface area (Å²) in [6.07, 6.45) is 1.81. The van der Waals surface area contributed by atoms with Gasteiger partial charge in [-0.25, -0.2) is 0 Å². The van der Waals surface area contributed by atoms with E-state index in [1.807, 2.05) is 43.5 Å². The Kier molecular flexibility index (Phi) is 4.17. The van der Waals surface area contributed by atoms with Gasteiger partial charge in [0.1, 0.15) is 11.5 Å². The number of nitrogens with zero attached hydrogens (tertiary/aromatic N) is 1. The Bertz CT molecular complexity index is 744. The molecule has 6 heteroatoms. The van der Waals surface area contributed by atoms with Crippen molar-refractivity contribution in [1.82, 2.24) is 10.2 Å². The summed E-state index contributed by atoms with van der Waals surface area (Å²) >= 11 is 7.09. The van der Waals surface area contributed by atoms with Crippen molar-refractivity contribution in [2.45, 2.75) is 13.5 Å². The number of nitrogens with one attached hydrogen (secondary N) is 2. The number of hydrogen-bond acceptors (Lipinski definition) is 3. The van der Waals surface area contributed by atoms with E-state index in [9.17, 15) is 0 Å². The van der Waals surface area contributed by atoms with Crippen LogP contribution in [0.2, 0.25) is 0 Å². The number of aromatic amines is 1. The summed E-state index contributed by atoms with van der Waals surface area (Å²) in [6.45, 7) is 2.57. The number of aromatic nitrogens is 2. The first-order valence-electron chi connectivity index (χ1n) is 6.42. The number of aryl methyl sites for hydroxylation is 1. The number of hydrogen-bond donors (Lipinski definition) is 2. The predicted octanol–water partition coefficient (Wildman–Crippen LogP) is 5.12. The molecule has 4 nitrogen and oxygen atoms in total. The van der Waals surface area contributed by atoms with Crippen LogP contribution in [0, 0.1) is 6.92 Å². The number of rotatable bonds is 4. The lowest BCUT2D eigenvalue weighted by Crippen LogP contribution is -2.01. The van der Waals surface area contributed by atoms with Gasteiger partial charge in [-0.3, -0.25) is 5.10 Å². The first-order chi connectivity index (χ1) is 10.1. The molecule has 21 heavy (non-hydrogen) atoms. The van der Waals surface area contributed by atoms with Gasteiger partial charge in [0.05, 0.1) is 11.9 Å². The quantitative estimate of drug-likeness (QED) is 0.627. The maximum absolute atomic E-state index is 5.65. The van der Waals surface area contributed by atoms with E-state index in [1.54, 1.807) is 0 Å². The van der Waals surface area contributed by atoms with E-state index in [0.29, 0.717) is 6.54 Å². The first kappa shape index (κ1) is 14.4. The molecule has 0 fully saturated rings. The van der Waals surface area contributed by atoms with Crippen LogP contribution >= 0.6 is 31.9 Å². The monoisotopic (exact) mass is 409 g/mol. The van der Waals surface area contributed by atoms with E-state index < -0.39 is 0 Å². The van der Waals surface area contributed by atoms with Gasteiger partial charge >= 0.3 is 0 Å². The fraction of sp³-hybridized carbons (Fsp3) is 0.133. The number of anilines is 1. The van der Waals surface area contributed by atoms with Gasteiger partial charge < -0.3 is 9.73 Å². The molecule has 0 aliphatic rings. The second-order valence-corrected chi connectivity index (χ2v) is 6.34. The van der Waals surface area contributed by atoms with E-state index in [0.717, 1.165) is 37.4 Å². The number of H-pyrrole nitrogens is 1. The zero-order valence-corrected chi connectivity index (χ0v) is 14.5. The van der Waals surface area contributed by atoms with E-state index in [2.05, 4.69) is 47.4 Å². The van der Waals surface area contributed by atoms with Gasteiger partial charge in [-0.05, 0) is 63.0 Å². The van der Waals surface area contributed by atoms with E-state index in [1.165, 1.54) is 0 Å². The second kappa shape index (κ2) is 6.07. The second-order valence-electron chi connectivity index (χ2n) is 4.63. The molecular weight excluding hydrogens is 398 g/mol. The largest absolute Gasteiger partial charge is 0.460 e. The Labute approximate surface area is 139 Å². The van der Waals surface area contributed by atoms with Crippen molar-refractivity contribution >= 4 is 37.5 Å². The third kappa shape index (κ3) is 3.06. The molecule has 0 saturated carbocycles.